The van der Waals surface area contributed by atoms with Crippen molar-refractivity contribution in [1.82, 2.24) is 0 Å². The molecular weight excluding hydrogens is 332 g/mol. The molecule has 0 N–H and O–H groups in total. The number of anilines is 2. The third-order valence-corrected chi connectivity index (χ3v) is 4.01. The molecule has 1 aliphatic rings. The molecule has 0 unspecified atom stereocenters. The largest absolute Gasteiger partial charge is 0.312 e. The van der Waals surface area contributed by atoms with E-state index in [1.165, 1.54) is 4.90 Å². The lowest BCUT2D eigenvalue weighted by atomic mass is 10.1. The van der Waals surface area contributed by atoms with Gasteiger partial charge in [-0.25, -0.2) is 0 Å². The molecule has 0 fully saturated rings. The van der Waals surface area contributed by atoms with Gasteiger partial charge in [-0.15, -0.1) is 0 Å². The van der Waals surface area contributed by atoms with E-state index in [2.05, 4.69) is 15.9 Å². The number of amides is 2. The second-order valence-corrected chi connectivity index (χ2v) is 5.76. The monoisotopic (exact) mass is 344 g/mol. The van der Waals surface area contributed by atoms with Crippen molar-refractivity contribution in [3.05, 3.63) is 58.6 Å². The number of fused-ring (bicyclic) bond motifs is 1. The third kappa shape index (κ3) is 2.45. The van der Waals surface area contributed by atoms with Gasteiger partial charge in [-0.3, -0.25) is 14.5 Å². The second kappa shape index (κ2) is 5.33. The molecule has 3 rings (SSSR count). The van der Waals surface area contributed by atoms with Crippen molar-refractivity contribution >= 4 is 39.1 Å². The maximum atomic E-state index is 12.7. The first-order valence-electron chi connectivity index (χ1n) is 6.51. The highest BCUT2D eigenvalue weighted by atomic mass is 79.9. The molecule has 1 aliphatic heterocycles. The molecule has 2 aromatic carbocycles. The van der Waals surface area contributed by atoms with Crippen molar-refractivity contribution in [3.63, 3.8) is 0 Å². The van der Waals surface area contributed by atoms with Crippen LogP contribution in [0.5, 0.6) is 0 Å². The quantitative estimate of drug-likeness (QED) is 0.797. The van der Waals surface area contributed by atoms with Gasteiger partial charge in [-0.1, -0.05) is 34.1 Å². The SMILES string of the molecule is CN1C(=O)CN(C(=O)c2cccc(Br)c2)c2ccccc21. The van der Waals surface area contributed by atoms with Crippen molar-refractivity contribution in [2.75, 3.05) is 23.4 Å². The van der Waals surface area contributed by atoms with Crippen LogP contribution in [0.3, 0.4) is 0 Å². The summed E-state index contributed by atoms with van der Waals surface area (Å²) >= 11 is 3.36. The van der Waals surface area contributed by atoms with E-state index in [1.807, 2.05) is 30.3 Å². The Bertz CT molecular complexity index is 730. The van der Waals surface area contributed by atoms with Crippen LogP contribution < -0.4 is 9.80 Å². The maximum absolute atomic E-state index is 12.7. The molecule has 106 valence electrons. The van der Waals surface area contributed by atoms with Crippen molar-refractivity contribution in [1.29, 1.82) is 0 Å². The Morgan fingerprint density at radius 1 is 1.10 bits per heavy atom. The van der Waals surface area contributed by atoms with E-state index in [0.29, 0.717) is 5.56 Å². The van der Waals surface area contributed by atoms with Gasteiger partial charge in [0.2, 0.25) is 5.91 Å². The van der Waals surface area contributed by atoms with Crippen molar-refractivity contribution in [2.45, 2.75) is 0 Å². The third-order valence-electron chi connectivity index (χ3n) is 3.52. The van der Waals surface area contributed by atoms with Crippen LogP contribution in [-0.2, 0) is 4.79 Å². The fraction of sp³-hybridized carbons (Fsp3) is 0.125. The summed E-state index contributed by atoms with van der Waals surface area (Å²) in [7, 11) is 1.72. The Hall–Kier alpha value is -2.14. The second-order valence-electron chi connectivity index (χ2n) is 4.84. The molecule has 0 saturated carbocycles. The van der Waals surface area contributed by atoms with Crippen LogP contribution in [0.15, 0.2) is 53.0 Å². The van der Waals surface area contributed by atoms with Crippen LogP contribution in [0, 0.1) is 0 Å². The summed E-state index contributed by atoms with van der Waals surface area (Å²) in [6.07, 6.45) is 0. The van der Waals surface area contributed by atoms with Crippen molar-refractivity contribution < 1.29 is 9.59 Å². The van der Waals surface area contributed by atoms with Gasteiger partial charge in [-0.05, 0) is 30.3 Å². The Morgan fingerprint density at radius 2 is 1.81 bits per heavy atom. The number of hydrogen-bond acceptors (Lipinski definition) is 2. The minimum Gasteiger partial charge on any atom is -0.312 e. The predicted molar refractivity (Wildman–Crippen MR) is 85.7 cm³/mol. The number of likely N-dealkylation sites (N-methyl/N-ethyl adjacent to an activating group) is 1. The fourth-order valence-electron chi connectivity index (χ4n) is 2.40. The predicted octanol–water partition coefficient (Wildman–Crippen LogP) is 3.07. The number of nitrogens with zero attached hydrogens (tertiary/aromatic N) is 2. The number of benzene rings is 2. The molecule has 21 heavy (non-hydrogen) atoms. The van der Waals surface area contributed by atoms with E-state index in [9.17, 15) is 9.59 Å². The number of carbonyl (C=O) groups excluding carboxylic acids is 2. The van der Waals surface area contributed by atoms with Crippen LogP contribution in [-0.4, -0.2) is 25.4 Å². The molecule has 4 nitrogen and oxygen atoms in total. The standard InChI is InChI=1S/C16H13BrN2O2/c1-18-13-7-2-3-8-14(13)19(10-15(18)20)16(21)11-5-4-6-12(17)9-11/h2-9H,10H2,1H3. The highest BCUT2D eigenvalue weighted by molar-refractivity contribution is 9.10. The van der Waals surface area contributed by atoms with Gasteiger partial charge in [0.05, 0.1) is 11.4 Å². The number of rotatable bonds is 1. The molecule has 0 atom stereocenters. The normalized spacial score (nSPS) is 14.1. The molecular formula is C16H13BrN2O2. The number of halogens is 1. The highest BCUT2D eigenvalue weighted by Gasteiger charge is 2.30. The molecule has 5 heteroatoms. The molecule has 2 amide bonds. The van der Waals surface area contributed by atoms with Gasteiger partial charge in [0.1, 0.15) is 6.54 Å². The first-order valence-corrected chi connectivity index (χ1v) is 7.30. The summed E-state index contributed by atoms with van der Waals surface area (Å²) in [6.45, 7) is 0.0544. The topological polar surface area (TPSA) is 40.6 Å². The lowest BCUT2D eigenvalue weighted by molar-refractivity contribution is -0.117. The van der Waals surface area contributed by atoms with Gasteiger partial charge in [0, 0.05) is 17.1 Å². The summed E-state index contributed by atoms with van der Waals surface area (Å²) in [5, 5.41) is 0. The molecule has 0 aliphatic carbocycles. The first-order chi connectivity index (χ1) is 10.1. The molecule has 0 saturated heterocycles. The number of para-hydroxylation sites is 2. The summed E-state index contributed by atoms with van der Waals surface area (Å²) < 4.78 is 0.835. The van der Waals surface area contributed by atoms with E-state index in [1.54, 1.807) is 30.1 Å². The summed E-state index contributed by atoms with van der Waals surface area (Å²) in [5.41, 5.74) is 2.05. The van der Waals surface area contributed by atoms with Crippen molar-refractivity contribution in [3.8, 4) is 0 Å². The summed E-state index contributed by atoms with van der Waals surface area (Å²) in [6, 6.07) is 14.6. The lowest BCUT2D eigenvalue weighted by Crippen LogP contribution is -2.46. The maximum Gasteiger partial charge on any atom is 0.258 e. The molecule has 0 bridgehead atoms. The Balaban J connectivity index is 2.05. The molecule has 2 aromatic rings. The summed E-state index contributed by atoms with van der Waals surface area (Å²) in [4.78, 5) is 27.9. The molecule has 0 spiro atoms. The first kappa shape index (κ1) is 13.8. The minimum absolute atomic E-state index is 0.0544. The van der Waals surface area contributed by atoms with E-state index in [0.717, 1.165) is 15.8 Å². The van der Waals surface area contributed by atoms with Crippen molar-refractivity contribution in [2.24, 2.45) is 0 Å². The Kier molecular flexibility index (Phi) is 3.51. The zero-order valence-corrected chi connectivity index (χ0v) is 13.0. The van der Waals surface area contributed by atoms with E-state index in [4.69, 9.17) is 0 Å². The van der Waals surface area contributed by atoms with Gasteiger partial charge >= 0.3 is 0 Å². The van der Waals surface area contributed by atoms with Gasteiger partial charge in [-0.2, -0.15) is 0 Å². The van der Waals surface area contributed by atoms with Crippen LogP contribution in [0.1, 0.15) is 10.4 Å². The van der Waals surface area contributed by atoms with Crippen LogP contribution >= 0.6 is 15.9 Å². The smallest absolute Gasteiger partial charge is 0.258 e. The van der Waals surface area contributed by atoms with Gasteiger partial charge in [0.25, 0.3) is 5.91 Å². The average molecular weight is 345 g/mol. The molecule has 1 heterocycles. The molecule has 0 aromatic heterocycles. The number of hydrogen-bond donors (Lipinski definition) is 0. The summed E-state index contributed by atoms with van der Waals surface area (Å²) in [5.74, 6) is -0.276. The van der Waals surface area contributed by atoms with Gasteiger partial charge < -0.3 is 4.90 Å². The van der Waals surface area contributed by atoms with E-state index < -0.39 is 0 Å². The fourth-order valence-corrected chi connectivity index (χ4v) is 2.79. The molecule has 0 radical (unpaired) electrons. The Morgan fingerprint density at radius 3 is 2.52 bits per heavy atom. The minimum atomic E-state index is -0.176. The van der Waals surface area contributed by atoms with Crippen LogP contribution in [0.4, 0.5) is 11.4 Å². The highest BCUT2D eigenvalue weighted by Crippen LogP contribution is 2.33. The lowest BCUT2D eigenvalue weighted by Gasteiger charge is -2.34. The van der Waals surface area contributed by atoms with Crippen LogP contribution in [0.2, 0.25) is 0 Å². The van der Waals surface area contributed by atoms with E-state index in [-0.39, 0.29) is 18.4 Å². The zero-order valence-electron chi connectivity index (χ0n) is 11.4. The van der Waals surface area contributed by atoms with Gasteiger partial charge in [0.15, 0.2) is 0 Å². The zero-order chi connectivity index (χ0) is 15.0. The van der Waals surface area contributed by atoms with Crippen LogP contribution in [0.25, 0.3) is 0 Å². The number of carbonyl (C=O) groups is 2. The average Bonchev–Trinajstić information content (AvgIpc) is 2.50. The Labute approximate surface area is 131 Å². The van der Waals surface area contributed by atoms with E-state index >= 15 is 0 Å².